The highest BCUT2D eigenvalue weighted by Crippen LogP contribution is 2.56. The van der Waals surface area contributed by atoms with Crippen LogP contribution in [0.3, 0.4) is 0 Å². The maximum absolute atomic E-state index is 14.2. The van der Waals surface area contributed by atoms with E-state index in [1.54, 1.807) is 16.2 Å². The Balaban J connectivity index is 1.63. The largest absolute Gasteiger partial charge is 0.331 e. The average Bonchev–Trinajstić information content (AvgIpc) is 3.05. The molecule has 4 rings (SSSR count). The minimum Gasteiger partial charge on any atom is -0.331 e. The number of amides is 1. The molecule has 1 atom stereocenters. The fraction of sp³-hybridized carbons (Fsp3) is 0.421. The molecule has 1 aromatic carbocycles. The number of benzene rings is 1. The van der Waals surface area contributed by atoms with E-state index >= 15 is 0 Å². The van der Waals surface area contributed by atoms with Gasteiger partial charge in [-0.1, -0.05) is 0 Å². The zero-order valence-electron chi connectivity index (χ0n) is 13.8. The van der Waals surface area contributed by atoms with Crippen LogP contribution in [-0.4, -0.2) is 29.9 Å². The molecule has 0 radical (unpaired) electrons. The number of hydrogen-bond acceptors (Lipinski definition) is 3. The molecule has 25 heavy (non-hydrogen) atoms. The molecule has 1 saturated heterocycles. The summed E-state index contributed by atoms with van der Waals surface area (Å²) in [5, 5.41) is 7.32. The zero-order chi connectivity index (χ0) is 17.4. The van der Waals surface area contributed by atoms with Crippen LogP contribution in [0.25, 0.3) is 0 Å². The molecule has 2 aliphatic rings. The summed E-state index contributed by atoms with van der Waals surface area (Å²) in [5.41, 5.74) is 0.998. The Morgan fingerprint density at radius 1 is 1.28 bits per heavy atom. The lowest BCUT2D eigenvalue weighted by Crippen LogP contribution is -2.39. The first kappa shape index (κ1) is 16.7. The van der Waals surface area contributed by atoms with Crippen molar-refractivity contribution in [3.63, 3.8) is 0 Å². The third-order valence-electron chi connectivity index (χ3n) is 5.47. The number of carbonyl (C=O) groups excluding carboxylic acids is 1. The summed E-state index contributed by atoms with van der Waals surface area (Å²) in [7, 11) is 0. The van der Waals surface area contributed by atoms with Crippen molar-refractivity contribution < 1.29 is 13.6 Å². The Kier molecular flexibility index (Phi) is 4.33. The molecule has 1 amide bonds. The predicted octanol–water partition coefficient (Wildman–Crippen LogP) is 3.81. The van der Waals surface area contributed by atoms with E-state index in [1.165, 1.54) is 0 Å². The minimum absolute atomic E-state index is 0.102. The van der Waals surface area contributed by atoms with Gasteiger partial charge in [0.05, 0.1) is 5.56 Å². The second-order valence-corrected chi connectivity index (χ2v) is 7.80. The zero-order valence-corrected chi connectivity index (χ0v) is 14.6. The van der Waals surface area contributed by atoms with E-state index in [0.29, 0.717) is 6.54 Å². The number of nitrogens with zero attached hydrogens (tertiary/aromatic N) is 1. The highest BCUT2D eigenvalue weighted by molar-refractivity contribution is 7.07. The third kappa shape index (κ3) is 3.20. The number of nitrogens with one attached hydrogen (secondary N) is 1. The Morgan fingerprint density at radius 3 is 2.80 bits per heavy atom. The normalized spacial score (nSPS) is 21.3. The van der Waals surface area contributed by atoms with E-state index < -0.39 is 17.5 Å². The molecule has 1 N–H and O–H groups in total. The lowest BCUT2D eigenvalue weighted by molar-refractivity contribution is 0.0687. The highest BCUT2D eigenvalue weighted by atomic mass is 32.1. The fourth-order valence-electron chi connectivity index (χ4n) is 3.95. The smallest absolute Gasteiger partial charge is 0.257 e. The van der Waals surface area contributed by atoms with Crippen LogP contribution in [0, 0.1) is 17.0 Å². The predicted molar refractivity (Wildman–Crippen MR) is 93.5 cm³/mol. The van der Waals surface area contributed by atoms with Gasteiger partial charge in [0.2, 0.25) is 0 Å². The van der Waals surface area contributed by atoms with E-state index in [-0.39, 0.29) is 17.0 Å². The molecule has 1 aromatic heterocycles. The van der Waals surface area contributed by atoms with Crippen molar-refractivity contribution in [1.29, 1.82) is 0 Å². The molecule has 1 unspecified atom stereocenters. The lowest BCUT2D eigenvalue weighted by Gasteiger charge is -2.29. The van der Waals surface area contributed by atoms with Crippen LogP contribution < -0.4 is 5.32 Å². The first-order valence-corrected chi connectivity index (χ1v) is 9.51. The molecule has 1 spiro atoms. The van der Waals surface area contributed by atoms with Gasteiger partial charge in [0.25, 0.3) is 5.91 Å². The summed E-state index contributed by atoms with van der Waals surface area (Å²) in [6.45, 7) is 2.34. The van der Waals surface area contributed by atoms with Crippen molar-refractivity contribution in [2.45, 2.75) is 31.8 Å². The topological polar surface area (TPSA) is 32.3 Å². The van der Waals surface area contributed by atoms with Crippen molar-refractivity contribution >= 4 is 17.2 Å². The molecule has 1 saturated carbocycles. The number of piperidine rings is 1. The van der Waals surface area contributed by atoms with Gasteiger partial charge in [0, 0.05) is 12.6 Å². The van der Waals surface area contributed by atoms with Crippen molar-refractivity contribution in [3.05, 3.63) is 57.8 Å². The van der Waals surface area contributed by atoms with E-state index in [0.717, 1.165) is 56.1 Å². The molecule has 2 heterocycles. The molecule has 1 aliphatic carbocycles. The van der Waals surface area contributed by atoms with Gasteiger partial charge in [-0.3, -0.25) is 4.79 Å². The third-order valence-corrected chi connectivity index (χ3v) is 6.21. The maximum Gasteiger partial charge on any atom is 0.257 e. The monoisotopic (exact) mass is 362 g/mol. The van der Waals surface area contributed by atoms with Crippen LogP contribution in [-0.2, 0) is 6.54 Å². The average molecular weight is 362 g/mol. The van der Waals surface area contributed by atoms with Crippen LogP contribution >= 0.6 is 11.3 Å². The van der Waals surface area contributed by atoms with Crippen molar-refractivity contribution in [2.24, 2.45) is 5.41 Å². The molecule has 3 nitrogen and oxygen atoms in total. The number of rotatable bonds is 4. The van der Waals surface area contributed by atoms with Gasteiger partial charge in [0.1, 0.15) is 11.6 Å². The quantitative estimate of drug-likeness (QED) is 0.897. The molecular formula is C19H20F2N2OS. The Bertz CT molecular complexity index is 772. The van der Waals surface area contributed by atoms with Gasteiger partial charge >= 0.3 is 0 Å². The van der Waals surface area contributed by atoms with Crippen molar-refractivity contribution in [2.75, 3.05) is 13.1 Å². The molecule has 2 aromatic rings. The lowest BCUT2D eigenvalue weighted by atomic mass is 9.93. The molecular weight excluding hydrogens is 342 g/mol. The van der Waals surface area contributed by atoms with Crippen molar-refractivity contribution in [1.82, 2.24) is 10.2 Å². The van der Waals surface area contributed by atoms with Crippen LogP contribution in [0.1, 0.15) is 35.2 Å². The molecule has 6 heteroatoms. The highest BCUT2D eigenvalue weighted by Gasteiger charge is 2.57. The number of hydrogen-bond donors (Lipinski definition) is 1. The van der Waals surface area contributed by atoms with E-state index in [2.05, 4.69) is 5.32 Å². The van der Waals surface area contributed by atoms with Gasteiger partial charge < -0.3 is 10.2 Å². The molecule has 132 valence electrons. The summed E-state index contributed by atoms with van der Waals surface area (Å²) >= 11 is 1.57. The minimum atomic E-state index is -0.665. The number of carbonyl (C=O) groups is 1. The SMILES string of the molecule is O=C(c1cc(F)ccc1F)N(Cc1ccsc1)C1CC12CCNCC2. The Hall–Kier alpha value is -1.79. The van der Waals surface area contributed by atoms with Crippen LogP contribution in [0.2, 0.25) is 0 Å². The summed E-state index contributed by atoms with van der Waals surface area (Å²) in [6, 6.07) is 5.16. The second-order valence-electron chi connectivity index (χ2n) is 7.02. The van der Waals surface area contributed by atoms with Crippen LogP contribution in [0.4, 0.5) is 8.78 Å². The second kappa shape index (κ2) is 6.50. The first-order chi connectivity index (χ1) is 12.1. The number of thiophene rings is 1. The molecule has 1 aliphatic heterocycles. The maximum atomic E-state index is 14.2. The summed E-state index contributed by atoms with van der Waals surface area (Å²) in [4.78, 5) is 14.8. The standard InChI is InChI=1S/C19H20F2N2OS/c20-14-1-2-16(21)15(9-14)18(24)23(11-13-3-8-25-12-13)17-10-19(17)4-6-22-7-5-19/h1-3,8-9,12,17,22H,4-7,10-11H2. The Labute approximate surface area is 149 Å². The van der Waals surface area contributed by atoms with Gasteiger partial charge in [0.15, 0.2) is 0 Å². The summed E-state index contributed by atoms with van der Waals surface area (Å²) in [5.74, 6) is -1.67. The van der Waals surface area contributed by atoms with Crippen molar-refractivity contribution in [3.8, 4) is 0 Å². The van der Waals surface area contributed by atoms with Crippen LogP contribution in [0.15, 0.2) is 35.0 Å². The molecule has 0 bridgehead atoms. The Morgan fingerprint density at radius 2 is 2.08 bits per heavy atom. The van der Waals surface area contributed by atoms with Gasteiger partial charge in [-0.25, -0.2) is 8.78 Å². The van der Waals surface area contributed by atoms with Gasteiger partial charge in [-0.05, 0) is 78.4 Å². The van der Waals surface area contributed by atoms with E-state index in [9.17, 15) is 13.6 Å². The summed E-state index contributed by atoms with van der Waals surface area (Å²) < 4.78 is 27.7. The number of halogens is 2. The van der Waals surface area contributed by atoms with Gasteiger partial charge in [-0.15, -0.1) is 0 Å². The first-order valence-electron chi connectivity index (χ1n) is 8.57. The van der Waals surface area contributed by atoms with Crippen LogP contribution in [0.5, 0.6) is 0 Å². The summed E-state index contributed by atoms with van der Waals surface area (Å²) in [6.07, 6.45) is 2.99. The van der Waals surface area contributed by atoms with E-state index in [1.807, 2.05) is 16.8 Å². The fourth-order valence-corrected chi connectivity index (χ4v) is 4.61. The molecule has 2 fully saturated rings. The van der Waals surface area contributed by atoms with Gasteiger partial charge in [-0.2, -0.15) is 11.3 Å². The van der Waals surface area contributed by atoms with E-state index in [4.69, 9.17) is 0 Å².